The van der Waals surface area contributed by atoms with E-state index >= 15 is 0 Å². The van der Waals surface area contributed by atoms with Crippen LogP contribution in [0.15, 0.2) is 54.9 Å². The number of hydrogen-bond acceptors (Lipinski definition) is 7. The van der Waals surface area contributed by atoms with Gasteiger partial charge >= 0.3 is 5.97 Å². The molecule has 3 aromatic rings. The van der Waals surface area contributed by atoms with Crippen molar-refractivity contribution in [1.82, 2.24) is 14.9 Å². The highest BCUT2D eigenvalue weighted by molar-refractivity contribution is 5.87. The molecule has 1 unspecified atom stereocenters. The summed E-state index contributed by atoms with van der Waals surface area (Å²) in [6.45, 7) is 5.66. The van der Waals surface area contributed by atoms with Crippen LogP contribution in [0.25, 0.3) is 11.3 Å². The van der Waals surface area contributed by atoms with Crippen molar-refractivity contribution >= 4 is 11.9 Å². The Balaban J connectivity index is 1.40. The van der Waals surface area contributed by atoms with Crippen LogP contribution >= 0.6 is 0 Å². The quantitative estimate of drug-likeness (QED) is 0.454. The van der Waals surface area contributed by atoms with Gasteiger partial charge in [0.05, 0.1) is 38.9 Å². The molecule has 182 valence electrons. The first-order valence-corrected chi connectivity index (χ1v) is 11.3. The van der Waals surface area contributed by atoms with Gasteiger partial charge in [0.2, 0.25) is 5.91 Å². The van der Waals surface area contributed by atoms with Crippen LogP contribution in [0, 0.1) is 12.3 Å². The van der Waals surface area contributed by atoms with E-state index < -0.39 is 5.97 Å². The normalized spacial score (nSPS) is 17.4. The number of hydrogen-bond donors (Lipinski definition) is 0. The van der Waals surface area contributed by atoms with E-state index in [1.165, 1.54) is 13.3 Å². The molecule has 4 rings (SSSR count). The zero-order valence-corrected chi connectivity index (χ0v) is 20.4. The molecule has 1 aliphatic rings. The number of aromatic nitrogens is 2. The Morgan fingerprint density at radius 1 is 1.11 bits per heavy atom. The molecule has 2 aromatic carbocycles. The van der Waals surface area contributed by atoms with Crippen LogP contribution in [0.5, 0.6) is 11.5 Å². The lowest BCUT2D eigenvalue weighted by atomic mass is 9.91. The second-order valence-corrected chi connectivity index (χ2v) is 9.14. The Kier molecular flexibility index (Phi) is 7.00. The Labute approximate surface area is 204 Å². The minimum absolute atomic E-state index is 0.128. The smallest absolute Gasteiger partial charge is 0.358 e. The van der Waals surface area contributed by atoms with Gasteiger partial charge in [-0.3, -0.25) is 9.78 Å². The van der Waals surface area contributed by atoms with Crippen LogP contribution < -0.4 is 9.47 Å². The standard InChI is InChI=1S/C27H29N3O5/c1-18-11-20(22-13-28-14-23(29-22)26(32)34-4)7-10-24(18)35-17-27(2)12-25(31)30(16-27)15-19-5-8-21(33-3)9-6-19/h5-11,13-14H,12,15-17H2,1-4H3. The highest BCUT2D eigenvalue weighted by Gasteiger charge is 2.40. The summed E-state index contributed by atoms with van der Waals surface area (Å²) in [5.74, 6) is 1.14. The number of likely N-dealkylation sites (tertiary alicyclic amines) is 1. The van der Waals surface area contributed by atoms with Crippen LogP contribution in [0.4, 0.5) is 0 Å². The van der Waals surface area contributed by atoms with E-state index in [0.29, 0.717) is 31.8 Å². The van der Waals surface area contributed by atoms with Gasteiger partial charge in [0.15, 0.2) is 5.69 Å². The van der Waals surface area contributed by atoms with Crippen molar-refractivity contribution < 1.29 is 23.8 Å². The number of carbonyl (C=O) groups excluding carboxylic acids is 2. The minimum atomic E-state index is -0.531. The number of methoxy groups -OCH3 is 2. The van der Waals surface area contributed by atoms with E-state index in [0.717, 1.165) is 28.2 Å². The first-order valence-electron chi connectivity index (χ1n) is 11.3. The molecule has 1 saturated heterocycles. The molecular weight excluding hydrogens is 446 g/mol. The molecule has 0 aliphatic carbocycles. The molecule has 8 nitrogen and oxygen atoms in total. The van der Waals surface area contributed by atoms with Gasteiger partial charge < -0.3 is 19.1 Å². The van der Waals surface area contributed by atoms with Crippen molar-refractivity contribution in [3.05, 3.63) is 71.7 Å². The molecule has 0 saturated carbocycles. The second-order valence-electron chi connectivity index (χ2n) is 9.14. The summed E-state index contributed by atoms with van der Waals surface area (Å²) in [4.78, 5) is 34.8. The molecule has 1 aromatic heterocycles. The molecule has 1 fully saturated rings. The summed E-state index contributed by atoms with van der Waals surface area (Å²) in [6.07, 6.45) is 3.42. The Bertz CT molecular complexity index is 1230. The summed E-state index contributed by atoms with van der Waals surface area (Å²) in [7, 11) is 2.94. The summed E-state index contributed by atoms with van der Waals surface area (Å²) >= 11 is 0. The van der Waals surface area contributed by atoms with Crippen LogP contribution in [0.1, 0.15) is 35.0 Å². The van der Waals surface area contributed by atoms with Crippen LogP contribution in [-0.4, -0.2) is 54.1 Å². The maximum Gasteiger partial charge on any atom is 0.358 e. The summed E-state index contributed by atoms with van der Waals surface area (Å²) < 4.78 is 16.1. The van der Waals surface area contributed by atoms with Gasteiger partial charge in [-0.15, -0.1) is 0 Å². The SMILES string of the molecule is COC(=O)c1cncc(-c2ccc(OCC3(C)CC(=O)N(Cc4ccc(OC)cc4)C3)c(C)c2)n1. The van der Waals surface area contributed by atoms with E-state index in [9.17, 15) is 9.59 Å². The highest BCUT2D eigenvalue weighted by atomic mass is 16.5. The van der Waals surface area contributed by atoms with Crippen LogP contribution in [-0.2, 0) is 16.1 Å². The van der Waals surface area contributed by atoms with Crippen molar-refractivity contribution in [2.45, 2.75) is 26.8 Å². The van der Waals surface area contributed by atoms with Crippen LogP contribution in [0.2, 0.25) is 0 Å². The van der Waals surface area contributed by atoms with Crippen molar-refractivity contribution in [3.8, 4) is 22.8 Å². The average Bonchev–Trinajstić information content (AvgIpc) is 3.16. The summed E-state index contributed by atoms with van der Waals surface area (Å²) in [5, 5.41) is 0. The first-order chi connectivity index (χ1) is 16.8. The lowest BCUT2D eigenvalue weighted by molar-refractivity contribution is -0.128. The second kappa shape index (κ2) is 10.1. The molecule has 0 spiro atoms. The molecule has 8 heteroatoms. The maximum atomic E-state index is 12.7. The Morgan fingerprint density at radius 2 is 1.89 bits per heavy atom. The largest absolute Gasteiger partial charge is 0.497 e. The van der Waals surface area contributed by atoms with Crippen molar-refractivity contribution in [2.24, 2.45) is 5.41 Å². The van der Waals surface area contributed by atoms with Gasteiger partial charge in [-0.05, 0) is 48.4 Å². The lowest BCUT2D eigenvalue weighted by Gasteiger charge is -2.25. The van der Waals surface area contributed by atoms with Gasteiger partial charge in [-0.25, -0.2) is 9.78 Å². The Hall–Kier alpha value is -3.94. The zero-order valence-electron chi connectivity index (χ0n) is 20.4. The number of rotatable bonds is 8. The van der Waals surface area contributed by atoms with Gasteiger partial charge in [0, 0.05) is 30.5 Å². The number of esters is 1. The van der Waals surface area contributed by atoms with E-state index in [4.69, 9.17) is 14.2 Å². The number of aryl methyl sites for hydroxylation is 1. The van der Waals surface area contributed by atoms with Crippen molar-refractivity contribution in [1.29, 1.82) is 0 Å². The lowest BCUT2D eigenvalue weighted by Crippen LogP contribution is -2.30. The fraction of sp³-hybridized carbons (Fsp3) is 0.333. The third kappa shape index (κ3) is 5.59. The fourth-order valence-electron chi connectivity index (χ4n) is 4.20. The predicted octanol–water partition coefficient (Wildman–Crippen LogP) is 4.06. The molecule has 0 bridgehead atoms. The van der Waals surface area contributed by atoms with Crippen molar-refractivity contribution in [2.75, 3.05) is 27.4 Å². The topological polar surface area (TPSA) is 90.9 Å². The summed E-state index contributed by atoms with van der Waals surface area (Å²) in [5.41, 5.74) is 3.26. The monoisotopic (exact) mass is 475 g/mol. The Morgan fingerprint density at radius 3 is 2.57 bits per heavy atom. The number of nitrogens with zero attached hydrogens (tertiary/aromatic N) is 3. The fourth-order valence-corrected chi connectivity index (χ4v) is 4.20. The van der Waals surface area contributed by atoms with Crippen molar-refractivity contribution in [3.63, 3.8) is 0 Å². The van der Waals surface area contributed by atoms with E-state index in [-0.39, 0.29) is 17.0 Å². The maximum absolute atomic E-state index is 12.7. The molecule has 2 heterocycles. The molecule has 1 aliphatic heterocycles. The van der Waals surface area contributed by atoms with Gasteiger partial charge in [0.25, 0.3) is 0 Å². The van der Waals surface area contributed by atoms with Gasteiger partial charge in [0.1, 0.15) is 11.5 Å². The molecule has 0 N–H and O–H groups in total. The number of carbonyl (C=O) groups is 2. The molecular formula is C27H29N3O5. The average molecular weight is 476 g/mol. The first kappa shape index (κ1) is 24.2. The zero-order chi connectivity index (χ0) is 25.0. The molecule has 35 heavy (non-hydrogen) atoms. The number of ether oxygens (including phenoxy) is 3. The third-order valence-electron chi connectivity index (χ3n) is 6.11. The van der Waals surface area contributed by atoms with E-state index in [1.54, 1.807) is 13.3 Å². The van der Waals surface area contributed by atoms with E-state index in [2.05, 4.69) is 16.9 Å². The van der Waals surface area contributed by atoms with E-state index in [1.807, 2.05) is 54.3 Å². The predicted molar refractivity (Wildman–Crippen MR) is 130 cm³/mol. The van der Waals surface area contributed by atoms with Gasteiger partial charge in [-0.1, -0.05) is 19.1 Å². The minimum Gasteiger partial charge on any atom is -0.497 e. The number of benzene rings is 2. The molecule has 1 atom stereocenters. The number of amides is 1. The highest BCUT2D eigenvalue weighted by Crippen LogP contribution is 2.34. The molecule has 1 amide bonds. The van der Waals surface area contributed by atoms with Gasteiger partial charge in [-0.2, -0.15) is 0 Å². The molecule has 0 radical (unpaired) electrons. The summed E-state index contributed by atoms with van der Waals surface area (Å²) in [6, 6.07) is 13.5. The van der Waals surface area contributed by atoms with Crippen LogP contribution in [0.3, 0.4) is 0 Å². The third-order valence-corrected chi connectivity index (χ3v) is 6.11.